The van der Waals surface area contributed by atoms with Crippen molar-refractivity contribution >= 4 is 16.7 Å². The average Bonchev–Trinajstić information content (AvgIpc) is 2.64. The molecule has 1 amide bonds. The molecule has 6 nitrogen and oxygen atoms in total. The summed E-state index contributed by atoms with van der Waals surface area (Å²) in [4.78, 5) is 25.3. The molecule has 1 aromatic heterocycles. The Morgan fingerprint density at radius 2 is 1.76 bits per heavy atom. The minimum Gasteiger partial charge on any atom is -0.394 e. The minimum atomic E-state index is -0.417. The molecule has 0 saturated carbocycles. The summed E-state index contributed by atoms with van der Waals surface area (Å²) < 4.78 is 1.30. The van der Waals surface area contributed by atoms with Gasteiger partial charge in [-0.1, -0.05) is 48.5 Å². The minimum absolute atomic E-state index is 0.173. The van der Waals surface area contributed by atoms with E-state index in [1.54, 1.807) is 31.2 Å². The van der Waals surface area contributed by atoms with Gasteiger partial charge in [0.2, 0.25) is 0 Å². The first-order chi connectivity index (χ1) is 12.1. The van der Waals surface area contributed by atoms with Crippen LogP contribution >= 0.6 is 0 Å². The van der Waals surface area contributed by atoms with Gasteiger partial charge in [0.1, 0.15) is 0 Å². The molecule has 0 saturated heterocycles. The van der Waals surface area contributed by atoms with E-state index in [2.05, 4.69) is 10.4 Å². The van der Waals surface area contributed by atoms with Gasteiger partial charge in [-0.2, -0.15) is 5.10 Å². The normalized spacial score (nSPS) is 12.1. The summed E-state index contributed by atoms with van der Waals surface area (Å²) in [7, 11) is 0. The third kappa shape index (κ3) is 3.59. The monoisotopic (exact) mass is 337 g/mol. The van der Waals surface area contributed by atoms with Gasteiger partial charge in [0.05, 0.1) is 18.5 Å². The maximum Gasteiger partial charge on any atom is 0.274 e. The Hall–Kier alpha value is -2.99. The van der Waals surface area contributed by atoms with Gasteiger partial charge in [0.25, 0.3) is 11.5 Å². The zero-order valence-electron chi connectivity index (χ0n) is 13.8. The van der Waals surface area contributed by atoms with Crippen LogP contribution in [0.1, 0.15) is 23.0 Å². The van der Waals surface area contributed by atoms with Gasteiger partial charge in [0.15, 0.2) is 5.69 Å². The molecule has 128 valence electrons. The van der Waals surface area contributed by atoms with Crippen LogP contribution in [0.5, 0.6) is 0 Å². The Balaban J connectivity index is 2.11. The molecule has 0 aliphatic heterocycles. The maximum absolute atomic E-state index is 12.7. The molecule has 1 atom stereocenters. The van der Waals surface area contributed by atoms with Crippen molar-refractivity contribution in [1.29, 1.82) is 0 Å². The molecule has 0 bridgehead atoms. The van der Waals surface area contributed by atoms with Gasteiger partial charge in [0, 0.05) is 11.4 Å². The second-order valence-electron chi connectivity index (χ2n) is 5.90. The van der Waals surface area contributed by atoms with Crippen LogP contribution in [0.2, 0.25) is 0 Å². The first-order valence-corrected chi connectivity index (χ1v) is 8.05. The molecule has 0 aliphatic carbocycles. The van der Waals surface area contributed by atoms with E-state index in [1.165, 1.54) is 4.68 Å². The number of carbonyl (C=O) groups excluding carboxylic acids is 1. The van der Waals surface area contributed by atoms with E-state index in [-0.39, 0.29) is 24.4 Å². The van der Waals surface area contributed by atoms with Crippen molar-refractivity contribution in [3.05, 3.63) is 76.2 Å². The van der Waals surface area contributed by atoms with Crippen molar-refractivity contribution < 1.29 is 9.90 Å². The molecule has 0 aliphatic rings. The Kier molecular flexibility index (Phi) is 4.90. The van der Waals surface area contributed by atoms with Gasteiger partial charge in [-0.3, -0.25) is 9.59 Å². The summed E-state index contributed by atoms with van der Waals surface area (Å²) in [6.45, 7) is 1.80. The van der Waals surface area contributed by atoms with Gasteiger partial charge < -0.3 is 10.4 Å². The van der Waals surface area contributed by atoms with E-state index in [1.807, 2.05) is 30.3 Å². The number of fused-ring (bicyclic) bond motifs is 1. The number of amides is 1. The molecule has 2 aromatic carbocycles. The first-order valence-electron chi connectivity index (χ1n) is 8.05. The van der Waals surface area contributed by atoms with E-state index >= 15 is 0 Å². The summed E-state index contributed by atoms with van der Waals surface area (Å²) in [5.74, 6) is -0.417. The number of hydrogen-bond acceptors (Lipinski definition) is 4. The number of aliphatic hydroxyl groups is 1. The predicted molar refractivity (Wildman–Crippen MR) is 95.6 cm³/mol. The number of nitrogens with zero attached hydrogens (tertiary/aromatic N) is 2. The molecule has 1 unspecified atom stereocenters. The summed E-state index contributed by atoms with van der Waals surface area (Å²) in [5, 5.41) is 17.1. The second-order valence-corrected chi connectivity index (χ2v) is 5.90. The van der Waals surface area contributed by atoms with Crippen LogP contribution in [0.4, 0.5) is 0 Å². The van der Waals surface area contributed by atoms with Crippen molar-refractivity contribution in [1.82, 2.24) is 15.1 Å². The van der Waals surface area contributed by atoms with Crippen LogP contribution in [-0.4, -0.2) is 33.4 Å². The van der Waals surface area contributed by atoms with Crippen LogP contribution in [0, 0.1) is 0 Å². The smallest absolute Gasteiger partial charge is 0.274 e. The van der Waals surface area contributed by atoms with Crippen molar-refractivity contribution in [2.45, 2.75) is 19.5 Å². The number of aliphatic hydroxyl groups excluding tert-OH is 1. The van der Waals surface area contributed by atoms with Crippen LogP contribution in [0.25, 0.3) is 10.8 Å². The molecule has 25 heavy (non-hydrogen) atoms. The number of carbonyl (C=O) groups is 1. The SMILES string of the molecule is CC(CO)NC(=O)c1nn(Cc2ccccc2)c(=O)c2ccccc12. The highest BCUT2D eigenvalue weighted by Gasteiger charge is 2.18. The maximum atomic E-state index is 12.7. The van der Waals surface area contributed by atoms with Crippen molar-refractivity contribution in [3.8, 4) is 0 Å². The van der Waals surface area contributed by atoms with E-state index in [4.69, 9.17) is 5.11 Å². The third-order valence-corrected chi connectivity index (χ3v) is 3.91. The lowest BCUT2D eigenvalue weighted by molar-refractivity contribution is 0.0917. The molecular weight excluding hydrogens is 318 g/mol. The fourth-order valence-electron chi connectivity index (χ4n) is 2.60. The standard InChI is InChI=1S/C19H19N3O3/c1-13(12-23)20-18(24)17-15-9-5-6-10-16(15)19(25)22(21-17)11-14-7-3-2-4-8-14/h2-10,13,23H,11-12H2,1H3,(H,20,24). The number of nitrogens with one attached hydrogen (secondary N) is 1. The van der Waals surface area contributed by atoms with Crippen molar-refractivity contribution in [2.75, 3.05) is 6.61 Å². The number of benzene rings is 2. The van der Waals surface area contributed by atoms with Gasteiger partial charge in [-0.05, 0) is 18.6 Å². The molecule has 3 rings (SSSR count). The third-order valence-electron chi connectivity index (χ3n) is 3.91. The molecule has 0 spiro atoms. The molecule has 3 aromatic rings. The Labute approximate surface area is 144 Å². The van der Waals surface area contributed by atoms with Crippen LogP contribution in [0.15, 0.2) is 59.4 Å². The van der Waals surface area contributed by atoms with Crippen molar-refractivity contribution in [3.63, 3.8) is 0 Å². The highest BCUT2D eigenvalue weighted by molar-refractivity contribution is 6.04. The zero-order valence-corrected chi connectivity index (χ0v) is 13.8. The van der Waals surface area contributed by atoms with Crippen LogP contribution in [0.3, 0.4) is 0 Å². The molecular formula is C19H19N3O3. The second kappa shape index (κ2) is 7.27. The summed E-state index contributed by atoms with van der Waals surface area (Å²) in [6, 6.07) is 16.0. The lowest BCUT2D eigenvalue weighted by atomic mass is 10.1. The highest BCUT2D eigenvalue weighted by atomic mass is 16.3. The van der Waals surface area contributed by atoms with Gasteiger partial charge >= 0.3 is 0 Å². The molecule has 0 radical (unpaired) electrons. The lowest BCUT2D eigenvalue weighted by Gasteiger charge is -2.14. The van der Waals surface area contributed by atoms with Crippen molar-refractivity contribution in [2.24, 2.45) is 0 Å². The first kappa shape index (κ1) is 16.9. The molecule has 0 fully saturated rings. The van der Waals surface area contributed by atoms with Gasteiger partial charge in [-0.25, -0.2) is 4.68 Å². The highest BCUT2D eigenvalue weighted by Crippen LogP contribution is 2.14. The molecule has 2 N–H and O–H groups in total. The quantitative estimate of drug-likeness (QED) is 0.740. The molecule has 1 heterocycles. The Morgan fingerprint density at radius 3 is 2.44 bits per heavy atom. The van der Waals surface area contributed by atoms with E-state index in [9.17, 15) is 9.59 Å². The summed E-state index contributed by atoms with van der Waals surface area (Å²) in [6.07, 6.45) is 0. The van der Waals surface area contributed by atoms with Gasteiger partial charge in [-0.15, -0.1) is 0 Å². The number of rotatable bonds is 5. The Morgan fingerprint density at radius 1 is 1.12 bits per heavy atom. The number of aromatic nitrogens is 2. The fraction of sp³-hybridized carbons (Fsp3) is 0.211. The van der Waals surface area contributed by atoms with Crippen LogP contribution < -0.4 is 10.9 Å². The van der Waals surface area contributed by atoms with E-state index < -0.39 is 11.9 Å². The average molecular weight is 337 g/mol. The summed E-state index contributed by atoms with van der Waals surface area (Å²) >= 11 is 0. The summed E-state index contributed by atoms with van der Waals surface area (Å²) in [5.41, 5.74) is 0.847. The lowest BCUT2D eigenvalue weighted by Crippen LogP contribution is -2.37. The largest absolute Gasteiger partial charge is 0.394 e. The van der Waals surface area contributed by atoms with Crippen LogP contribution in [-0.2, 0) is 6.54 Å². The number of hydrogen-bond donors (Lipinski definition) is 2. The fourth-order valence-corrected chi connectivity index (χ4v) is 2.60. The predicted octanol–water partition coefficient (Wildman–Crippen LogP) is 1.56. The Bertz CT molecular complexity index is 951. The molecule has 6 heteroatoms. The topological polar surface area (TPSA) is 84.2 Å². The zero-order chi connectivity index (χ0) is 17.8. The van der Waals surface area contributed by atoms with E-state index in [0.29, 0.717) is 10.8 Å². The van der Waals surface area contributed by atoms with E-state index in [0.717, 1.165) is 5.56 Å².